The number of amides is 2. The Morgan fingerprint density at radius 1 is 1.08 bits per heavy atom. The highest BCUT2D eigenvalue weighted by molar-refractivity contribution is 5.88. The van der Waals surface area contributed by atoms with E-state index in [0.29, 0.717) is 6.61 Å². The topological polar surface area (TPSA) is 105 Å². The average Bonchev–Trinajstić information content (AvgIpc) is 2.57. The minimum Gasteiger partial charge on any atom is -0.481 e. The molecule has 0 fully saturated rings. The quantitative estimate of drug-likeness (QED) is 0.590. The SMILES string of the molecule is CC(C)C(=O)NC(C(=O)NCCC(=O)O)C(C)OCc1ccccc1. The van der Waals surface area contributed by atoms with Crippen molar-refractivity contribution in [3.05, 3.63) is 35.9 Å². The van der Waals surface area contributed by atoms with Gasteiger partial charge in [0, 0.05) is 12.5 Å². The number of ether oxygens (including phenoxy) is 1. The first-order chi connectivity index (χ1) is 11.8. The van der Waals surface area contributed by atoms with Crippen molar-refractivity contribution < 1.29 is 24.2 Å². The molecular formula is C18H26N2O5. The minimum atomic E-state index is -1.00. The van der Waals surface area contributed by atoms with Crippen LogP contribution in [-0.2, 0) is 25.7 Å². The van der Waals surface area contributed by atoms with Crippen molar-refractivity contribution in [2.75, 3.05) is 6.54 Å². The second kappa shape index (κ2) is 10.5. The number of nitrogens with one attached hydrogen (secondary N) is 2. The molecule has 0 spiro atoms. The van der Waals surface area contributed by atoms with Gasteiger partial charge in [0.15, 0.2) is 0 Å². The molecule has 0 saturated carbocycles. The summed E-state index contributed by atoms with van der Waals surface area (Å²) in [6.07, 6.45) is -0.761. The third-order valence-electron chi connectivity index (χ3n) is 3.57. The van der Waals surface area contributed by atoms with Crippen LogP contribution in [0.4, 0.5) is 0 Å². The van der Waals surface area contributed by atoms with Crippen molar-refractivity contribution in [1.82, 2.24) is 10.6 Å². The molecular weight excluding hydrogens is 324 g/mol. The zero-order valence-electron chi connectivity index (χ0n) is 14.8. The van der Waals surface area contributed by atoms with Crippen molar-refractivity contribution >= 4 is 17.8 Å². The summed E-state index contributed by atoms with van der Waals surface area (Å²) >= 11 is 0. The molecule has 1 aromatic carbocycles. The summed E-state index contributed by atoms with van der Waals surface area (Å²) in [6, 6.07) is 8.59. The number of rotatable bonds is 10. The van der Waals surface area contributed by atoms with Gasteiger partial charge in [-0.25, -0.2) is 0 Å². The van der Waals surface area contributed by atoms with Crippen LogP contribution in [0, 0.1) is 5.92 Å². The van der Waals surface area contributed by atoms with Gasteiger partial charge in [0.1, 0.15) is 6.04 Å². The molecule has 0 aliphatic carbocycles. The molecule has 0 aliphatic heterocycles. The smallest absolute Gasteiger partial charge is 0.305 e. The zero-order chi connectivity index (χ0) is 18.8. The highest BCUT2D eigenvalue weighted by Gasteiger charge is 2.28. The van der Waals surface area contributed by atoms with Crippen molar-refractivity contribution in [2.45, 2.75) is 45.9 Å². The Morgan fingerprint density at radius 3 is 2.28 bits per heavy atom. The lowest BCUT2D eigenvalue weighted by Crippen LogP contribution is -2.54. The van der Waals surface area contributed by atoms with Crippen LogP contribution in [0.15, 0.2) is 30.3 Å². The van der Waals surface area contributed by atoms with Crippen LogP contribution in [0.1, 0.15) is 32.8 Å². The van der Waals surface area contributed by atoms with Gasteiger partial charge in [0.25, 0.3) is 0 Å². The van der Waals surface area contributed by atoms with E-state index in [4.69, 9.17) is 9.84 Å². The Hall–Kier alpha value is -2.41. The van der Waals surface area contributed by atoms with Crippen LogP contribution in [0.2, 0.25) is 0 Å². The molecule has 3 N–H and O–H groups in total. The lowest BCUT2D eigenvalue weighted by Gasteiger charge is -2.25. The molecule has 7 nitrogen and oxygen atoms in total. The molecule has 0 heterocycles. The molecule has 2 unspecified atom stereocenters. The monoisotopic (exact) mass is 350 g/mol. The van der Waals surface area contributed by atoms with Gasteiger partial charge in [-0.05, 0) is 12.5 Å². The van der Waals surface area contributed by atoms with Gasteiger partial charge in [0.05, 0.1) is 19.1 Å². The van der Waals surface area contributed by atoms with Gasteiger partial charge in [-0.1, -0.05) is 44.2 Å². The number of hydrogen-bond acceptors (Lipinski definition) is 4. The molecule has 7 heteroatoms. The second-order valence-electron chi connectivity index (χ2n) is 6.08. The van der Waals surface area contributed by atoms with Crippen molar-refractivity contribution in [2.24, 2.45) is 5.92 Å². The van der Waals surface area contributed by atoms with E-state index in [1.54, 1.807) is 20.8 Å². The molecule has 1 aromatic rings. The first-order valence-electron chi connectivity index (χ1n) is 8.26. The molecule has 0 bridgehead atoms. The van der Waals surface area contributed by atoms with E-state index in [1.165, 1.54) is 0 Å². The van der Waals surface area contributed by atoms with E-state index < -0.39 is 24.0 Å². The number of carboxylic acid groups (broad SMARTS) is 1. The van der Waals surface area contributed by atoms with E-state index in [1.807, 2.05) is 30.3 Å². The third kappa shape index (κ3) is 7.80. The molecule has 2 amide bonds. The third-order valence-corrected chi connectivity index (χ3v) is 3.57. The molecule has 0 aromatic heterocycles. The first kappa shape index (κ1) is 20.6. The van der Waals surface area contributed by atoms with E-state index >= 15 is 0 Å². The Morgan fingerprint density at radius 2 is 1.72 bits per heavy atom. The molecule has 0 saturated heterocycles. The van der Waals surface area contributed by atoms with Gasteiger partial charge in [-0.3, -0.25) is 14.4 Å². The molecule has 138 valence electrons. The predicted molar refractivity (Wildman–Crippen MR) is 92.7 cm³/mol. The summed E-state index contributed by atoms with van der Waals surface area (Å²) in [5, 5.41) is 13.8. The average molecular weight is 350 g/mol. The number of carboxylic acids is 1. The lowest BCUT2D eigenvalue weighted by atomic mass is 10.1. The molecule has 0 aliphatic rings. The summed E-state index contributed by atoms with van der Waals surface area (Å²) in [5.41, 5.74) is 0.953. The van der Waals surface area contributed by atoms with Gasteiger partial charge in [-0.2, -0.15) is 0 Å². The van der Waals surface area contributed by atoms with Crippen LogP contribution >= 0.6 is 0 Å². The summed E-state index contributed by atoms with van der Waals surface area (Å²) in [7, 11) is 0. The molecule has 0 radical (unpaired) electrons. The summed E-state index contributed by atoms with van der Waals surface area (Å²) in [4.78, 5) is 34.9. The highest BCUT2D eigenvalue weighted by atomic mass is 16.5. The summed E-state index contributed by atoms with van der Waals surface area (Å²) < 4.78 is 5.73. The van der Waals surface area contributed by atoms with Gasteiger partial charge in [0.2, 0.25) is 11.8 Å². The Labute approximate surface area is 147 Å². The first-order valence-corrected chi connectivity index (χ1v) is 8.26. The number of carbonyl (C=O) groups excluding carboxylic acids is 2. The van der Waals surface area contributed by atoms with Crippen LogP contribution in [0.25, 0.3) is 0 Å². The van der Waals surface area contributed by atoms with Crippen LogP contribution in [-0.4, -0.2) is 41.6 Å². The highest BCUT2D eigenvalue weighted by Crippen LogP contribution is 2.07. The number of carbonyl (C=O) groups is 3. The second-order valence-corrected chi connectivity index (χ2v) is 6.08. The maximum absolute atomic E-state index is 12.3. The zero-order valence-corrected chi connectivity index (χ0v) is 14.8. The van der Waals surface area contributed by atoms with E-state index in [2.05, 4.69) is 10.6 Å². The van der Waals surface area contributed by atoms with Gasteiger partial charge in [-0.15, -0.1) is 0 Å². The van der Waals surface area contributed by atoms with E-state index in [0.717, 1.165) is 5.56 Å². The standard InChI is InChI=1S/C18H26N2O5/c1-12(2)17(23)20-16(18(24)19-10-9-15(21)22)13(3)25-11-14-7-5-4-6-8-14/h4-8,12-13,16H,9-11H2,1-3H3,(H,19,24)(H,20,23)(H,21,22). The summed E-state index contributed by atoms with van der Waals surface area (Å²) in [6.45, 7) is 5.45. The maximum atomic E-state index is 12.3. The van der Waals surface area contributed by atoms with Gasteiger partial charge < -0.3 is 20.5 Å². The number of hydrogen-bond donors (Lipinski definition) is 3. The van der Waals surface area contributed by atoms with Gasteiger partial charge >= 0.3 is 5.97 Å². The number of aliphatic carboxylic acids is 1. The Balaban J connectivity index is 2.69. The molecule has 25 heavy (non-hydrogen) atoms. The fourth-order valence-corrected chi connectivity index (χ4v) is 2.02. The maximum Gasteiger partial charge on any atom is 0.305 e. The Bertz CT molecular complexity index is 574. The van der Waals surface area contributed by atoms with Crippen molar-refractivity contribution in [3.63, 3.8) is 0 Å². The van der Waals surface area contributed by atoms with Crippen molar-refractivity contribution in [3.8, 4) is 0 Å². The Kier molecular flexibility index (Phi) is 8.63. The van der Waals surface area contributed by atoms with E-state index in [9.17, 15) is 14.4 Å². The number of benzene rings is 1. The lowest BCUT2D eigenvalue weighted by molar-refractivity contribution is -0.137. The summed E-state index contributed by atoms with van der Waals surface area (Å²) in [5.74, 6) is -2.02. The fourth-order valence-electron chi connectivity index (χ4n) is 2.02. The van der Waals surface area contributed by atoms with Crippen molar-refractivity contribution in [1.29, 1.82) is 0 Å². The van der Waals surface area contributed by atoms with Crippen LogP contribution in [0.3, 0.4) is 0 Å². The minimum absolute atomic E-state index is 0.00633. The van der Waals surface area contributed by atoms with E-state index in [-0.39, 0.29) is 24.8 Å². The normalized spacial score (nSPS) is 13.1. The molecule has 2 atom stereocenters. The molecule has 1 rings (SSSR count). The van der Waals surface area contributed by atoms with Crippen LogP contribution < -0.4 is 10.6 Å². The predicted octanol–water partition coefficient (Wildman–Crippen LogP) is 1.32. The van der Waals surface area contributed by atoms with Crippen LogP contribution in [0.5, 0.6) is 0 Å². The fraction of sp³-hybridized carbons (Fsp3) is 0.500. The largest absolute Gasteiger partial charge is 0.481 e.